The molecule has 0 aromatic heterocycles. The minimum Gasteiger partial charge on any atom is -0.457 e. The van der Waals surface area contributed by atoms with E-state index in [-0.39, 0.29) is 19.6 Å². The molecule has 1 rings (SSSR count). The summed E-state index contributed by atoms with van der Waals surface area (Å²) < 4.78 is 59.2. The van der Waals surface area contributed by atoms with Crippen LogP contribution in [0.15, 0.2) is 122 Å². The molecule has 0 radical (unpaired) electrons. The molecular weight excluding hydrogens is 933 g/mol. The van der Waals surface area contributed by atoms with Crippen molar-refractivity contribution in [3.63, 3.8) is 0 Å². The Morgan fingerprint density at radius 1 is 0.528 bits per heavy atom. The van der Waals surface area contributed by atoms with E-state index in [4.69, 9.17) is 18.9 Å². The quantitative estimate of drug-likeness (QED) is 0.0197. The summed E-state index contributed by atoms with van der Waals surface area (Å²) in [6, 6.07) is 0. The van der Waals surface area contributed by atoms with E-state index < -0.39 is 59.8 Å². The van der Waals surface area contributed by atoms with Crippen molar-refractivity contribution in [2.75, 3.05) is 26.4 Å². The lowest BCUT2D eigenvalue weighted by Crippen LogP contribution is -2.60. The summed E-state index contributed by atoms with van der Waals surface area (Å²) in [5, 5.41) is 30.8. The Labute approximate surface area is 436 Å². The molecule has 1 saturated heterocycles. The molecule has 0 saturated carbocycles. The molecule has 410 valence electrons. The highest BCUT2D eigenvalue weighted by atomic mass is 32.3. The average Bonchev–Trinajstić information content (AvgIpc) is 3.36. The Bertz CT molecular complexity index is 1710. The van der Waals surface area contributed by atoms with Crippen LogP contribution in [0, 0.1) is 0 Å². The number of aliphatic hydroxyl groups is 3. The molecular formula is C59H96O12S. The van der Waals surface area contributed by atoms with Gasteiger partial charge in [-0.1, -0.05) is 206 Å². The van der Waals surface area contributed by atoms with Crippen molar-refractivity contribution in [1.82, 2.24) is 0 Å². The van der Waals surface area contributed by atoms with Gasteiger partial charge in [0.05, 0.1) is 19.8 Å². The molecule has 0 spiro atoms. The van der Waals surface area contributed by atoms with Gasteiger partial charge in [-0.25, -0.2) is 4.18 Å². The number of esters is 1. The Hall–Kier alpha value is -3.50. The molecule has 1 aliphatic heterocycles. The van der Waals surface area contributed by atoms with Crippen molar-refractivity contribution in [2.24, 2.45) is 0 Å². The highest BCUT2D eigenvalue weighted by molar-refractivity contribution is 7.80. The summed E-state index contributed by atoms with van der Waals surface area (Å²) in [5.41, 5.74) is 0. The number of carbonyl (C=O) groups is 1. The minimum atomic E-state index is -5.08. The van der Waals surface area contributed by atoms with Gasteiger partial charge in [0, 0.05) is 13.0 Å². The fourth-order valence-corrected chi connectivity index (χ4v) is 8.08. The largest absolute Gasteiger partial charge is 0.457 e. The summed E-state index contributed by atoms with van der Waals surface area (Å²) in [5.74, 6) is -0.485. The van der Waals surface area contributed by atoms with Gasteiger partial charge in [-0.15, -0.1) is 0 Å². The van der Waals surface area contributed by atoms with Crippen LogP contribution in [0.25, 0.3) is 0 Å². The average molecular weight is 1030 g/mol. The third-order valence-electron chi connectivity index (χ3n) is 11.6. The van der Waals surface area contributed by atoms with Crippen molar-refractivity contribution >= 4 is 16.4 Å². The summed E-state index contributed by atoms with van der Waals surface area (Å²) >= 11 is 0. The summed E-state index contributed by atoms with van der Waals surface area (Å²) in [4.78, 5) is 12.9. The first-order chi connectivity index (χ1) is 35.1. The van der Waals surface area contributed by atoms with Crippen molar-refractivity contribution in [2.45, 2.75) is 218 Å². The Morgan fingerprint density at radius 3 is 1.33 bits per heavy atom. The van der Waals surface area contributed by atoms with Gasteiger partial charge in [0.25, 0.3) is 0 Å². The highest BCUT2D eigenvalue weighted by Crippen LogP contribution is 2.26. The predicted octanol–water partition coefficient (Wildman–Crippen LogP) is 13.3. The van der Waals surface area contributed by atoms with E-state index in [1.165, 1.54) is 70.6 Å². The molecule has 6 unspecified atom stereocenters. The van der Waals surface area contributed by atoms with Gasteiger partial charge in [0.15, 0.2) is 6.29 Å². The molecule has 0 aromatic rings. The fourth-order valence-electron chi connectivity index (χ4n) is 7.57. The van der Waals surface area contributed by atoms with Crippen LogP contribution in [-0.4, -0.2) is 97.5 Å². The highest BCUT2D eigenvalue weighted by Gasteiger charge is 2.48. The molecule has 1 fully saturated rings. The van der Waals surface area contributed by atoms with Gasteiger partial charge in [-0.3, -0.25) is 9.35 Å². The topological polar surface area (TPSA) is 178 Å². The fraction of sp³-hybridized carbons (Fsp3) is 0.644. The van der Waals surface area contributed by atoms with Gasteiger partial charge in [-0.2, -0.15) is 8.42 Å². The van der Waals surface area contributed by atoms with E-state index in [2.05, 4.69) is 127 Å². The monoisotopic (exact) mass is 1030 g/mol. The summed E-state index contributed by atoms with van der Waals surface area (Å²) in [7, 11) is -5.08. The minimum absolute atomic E-state index is 0.00322. The van der Waals surface area contributed by atoms with Crippen LogP contribution in [-0.2, 0) is 38.3 Å². The number of aliphatic hydroxyl groups excluding tert-OH is 3. The zero-order valence-electron chi connectivity index (χ0n) is 44.2. The number of ether oxygens (including phenoxy) is 4. The van der Waals surface area contributed by atoms with Crippen molar-refractivity contribution in [3.05, 3.63) is 122 Å². The lowest BCUT2D eigenvalue weighted by molar-refractivity contribution is -0.301. The van der Waals surface area contributed by atoms with Crippen LogP contribution in [0.1, 0.15) is 181 Å². The van der Waals surface area contributed by atoms with Crippen LogP contribution < -0.4 is 0 Å². The smallest absolute Gasteiger partial charge is 0.397 e. The van der Waals surface area contributed by atoms with E-state index in [1.807, 2.05) is 12.2 Å². The van der Waals surface area contributed by atoms with Crippen molar-refractivity contribution < 1.29 is 56.2 Å². The maximum absolute atomic E-state index is 12.9. The zero-order chi connectivity index (χ0) is 52.4. The standard InChI is InChI=1S/C59H96O12S/c1-3-5-7-9-11-13-15-17-19-21-23-24-25-26-27-28-29-31-33-35-37-39-41-43-45-47-49-67-51-53(52-68-59-57(63)58(71-72(64,65)66)56(62)54(50-60)70-59)69-55(61)48-46-44-42-40-38-36-34-32-30-22-20-18-16-14-12-10-8-6-4-2/h5-8,11-14,17-20,23-24,30,32,36,38,42,44,53-54,56-60,62-63H,3-4,9-10,15-16,21-22,25-29,31,33-35,37,39-41,43,45-52H2,1-2H3,(H,64,65,66)/b7-5-,8-6-,13-11-,14-12-,19-17-,20-18-,24-23-,32-30-,38-36-,44-42-. The second kappa shape index (κ2) is 48.4. The van der Waals surface area contributed by atoms with Crippen LogP contribution >= 0.6 is 0 Å². The Balaban J connectivity index is 2.36. The van der Waals surface area contributed by atoms with Crippen LogP contribution in [0.2, 0.25) is 0 Å². The van der Waals surface area contributed by atoms with Crippen molar-refractivity contribution in [1.29, 1.82) is 0 Å². The molecule has 72 heavy (non-hydrogen) atoms. The zero-order valence-corrected chi connectivity index (χ0v) is 45.0. The number of hydrogen-bond acceptors (Lipinski definition) is 11. The summed E-state index contributed by atoms with van der Waals surface area (Å²) in [6.45, 7) is 3.66. The molecule has 0 bridgehead atoms. The van der Waals surface area contributed by atoms with E-state index in [9.17, 15) is 33.1 Å². The maximum Gasteiger partial charge on any atom is 0.397 e. The Morgan fingerprint density at radius 2 is 0.917 bits per heavy atom. The normalized spacial score (nSPS) is 19.9. The number of hydrogen-bond donors (Lipinski definition) is 4. The number of allylic oxidation sites excluding steroid dienone is 20. The number of carbonyl (C=O) groups excluding carboxylic acids is 1. The van der Waals surface area contributed by atoms with Gasteiger partial charge in [-0.05, 0) is 89.9 Å². The molecule has 13 heteroatoms. The first-order valence-corrected chi connectivity index (χ1v) is 28.7. The predicted molar refractivity (Wildman–Crippen MR) is 294 cm³/mol. The molecule has 4 N–H and O–H groups in total. The number of unbranched alkanes of at least 4 members (excludes halogenated alkanes) is 13. The second-order valence-corrected chi connectivity index (χ2v) is 19.1. The van der Waals surface area contributed by atoms with Gasteiger partial charge >= 0.3 is 16.4 Å². The number of rotatable bonds is 46. The lowest BCUT2D eigenvalue weighted by Gasteiger charge is -2.41. The van der Waals surface area contributed by atoms with Gasteiger partial charge in [0.1, 0.15) is 30.5 Å². The molecule has 0 aromatic carbocycles. The molecule has 6 atom stereocenters. The van der Waals surface area contributed by atoms with Crippen molar-refractivity contribution in [3.8, 4) is 0 Å². The maximum atomic E-state index is 12.9. The SMILES string of the molecule is CC/C=C\C/C=C\C/C=C\C/C=C\C/C=C\C/C=C\CCC(=O)OC(COCCCCCCCCCCCCCCC/C=C\C/C=C\C/C=C\C/C=C\CC)COC1OC(CO)C(O)C(OS(=O)(=O)O)C1O. The first kappa shape index (κ1) is 66.5. The third kappa shape index (κ3) is 40.9. The molecule has 12 nitrogen and oxygen atoms in total. The molecule has 0 aliphatic carbocycles. The Kier molecular flexibility index (Phi) is 44.7. The molecule has 1 heterocycles. The van der Waals surface area contributed by atoms with E-state index in [1.54, 1.807) is 0 Å². The van der Waals surface area contributed by atoms with Crippen LogP contribution in [0.4, 0.5) is 0 Å². The van der Waals surface area contributed by atoms with Crippen LogP contribution in [0.5, 0.6) is 0 Å². The van der Waals surface area contributed by atoms with E-state index >= 15 is 0 Å². The third-order valence-corrected chi connectivity index (χ3v) is 12.1. The molecule has 1 aliphatic rings. The van der Waals surface area contributed by atoms with E-state index in [0.29, 0.717) is 13.0 Å². The molecule has 0 amide bonds. The van der Waals surface area contributed by atoms with Gasteiger partial charge in [0.2, 0.25) is 0 Å². The first-order valence-electron chi connectivity index (χ1n) is 27.3. The van der Waals surface area contributed by atoms with Crippen LogP contribution in [0.3, 0.4) is 0 Å². The van der Waals surface area contributed by atoms with E-state index in [0.717, 1.165) is 83.5 Å². The second-order valence-electron chi connectivity index (χ2n) is 18.1. The summed E-state index contributed by atoms with van der Waals surface area (Å²) in [6.07, 6.45) is 61.1. The van der Waals surface area contributed by atoms with Gasteiger partial charge < -0.3 is 34.3 Å². The lowest BCUT2D eigenvalue weighted by atomic mass is 9.99.